The molecule has 1 aromatic carbocycles. The van der Waals surface area contributed by atoms with Gasteiger partial charge in [0.2, 0.25) is 0 Å². The molecule has 0 unspecified atom stereocenters. The van der Waals surface area contributed by atoms with Gasteiger partial charge in [0, 0.05) is 11.6 Å². The molecule has 0 saturated heterocycles. The van der Waals surface area contributed by atoms with Gasteiger partial charge < -0.3 is 15.9 Å². The molecule has 1 atom stereocenters. The Morgan fingerprint density at radius 3 is 2.77 bits per heavy atom. The van der Waals surface area contributed by atoms with Gasteiger partial charge in [-0.05, 0) is 18.2 Å². The van der Waals surface area contributed by atoms with Crippen molar-refractivity contribution in [2.45, 2.75) is 12.5 Å². The summed E-state index contributed by atoms with van der Waals surface area (Å²) in [6.45, 7) is 0. The smallest absolute Gasteiger partial charge is 0.120 e. The number of phenols is 2. The minimum atomic E-state index is -0.558. The number of nitrogens with zero attached hydrogens (tertiary/aromatic N) is 1. The van der Waals surface area contributed by atoms with E-state index in [1.807, 2.05) is 6.07 Å². The lowest BCUT2D eigenvalue weighted by molar-refractivity contribution is 0.448. The first-order valence-electron chi connectivity index (χ1n) is 3.79. The maximum Gasteiger partial charge on any atom is 0.120 e. The standard InChI is InChI=1S/C9H10N2O2/c10-4-3-8(11)7-5-6(12)1-2-9(7)13/h1-2,5,8,12-13H,3,11H2/t8-/m1/s1. The van der Waals surface area contributed by atoms with Gasteiger partial charge in [0.15, 0.2) is 0 Å². The number of rotatable bonds is 2. The molecule has 0 fully saturated rings. The third-order valence-electron chi connectivity index (χ3n) is 1.72. The Hall–Kier alpha value is -1.73. The predicted molar refractivity (Wildman–Crippen MR) is 46.9 cm³/mol. The summed E-state index contributed by atoms with van der Waals surface area (Å²) in [5, 5.41) is 26.8. The van der Waals surface area contributed by atoms with E-state index in [2.05, 4.69) is 0 Å². The molecular formula is C9H10N2O2. The molecule has 0 heterocycles. The average Bonchev–Trinajstić information content (AvgIpc) is 2.09. The van der Waals surface area contributed by atoms with E-state index in [4.69, 9.17) is 16.1 Å². The topological polar surface area (TPSA) is 90.3 Å². The van der Waals surface area contributed by atoms with Crippen molar-refractivity contribution in [1.82, 2.24) is 0 Å². The van der Waals surface area contributed by atoms with E-state index in [1.54, 1.807) is 0 Å². The highest BCUT2D eigenvalue weighted by atomic mass is 16.3. The van der Waals surface area contributed by atoms with Crippen LogP contribution < -0.4 is 5.73 Å². The molecule has 4 nitrogen and oxygen atoms in total. The third-order valence-corrected chi connectivity index (χ3v) is 1.72. The van der Waals surface area contributed by atoms with Gasteiger partial charge in [-0.25, -0.2) is 0 Å². The molecule has 0 aliphatic heterocycles. The maximum atomic E-state index is 9.33. The Balaban J connectivity index is 3.00. The minimum absolute atomic E-state index is 0.000509. The highest BCUT2D eigenvalue weighted by Crippen LogP contribution is 2.27. The molecule has 0 saturated carbocycles. The van der Waals surface area contributed by atoms with Crippen molar-refractivity contribution in [2.24, 2.45) is 5.73 Å². The van der Waals surface area contributed by atoms with E-state index in [9.17, 15) is 5.11 Å². The lowest BCUT2D eigenvalue weighted by Crippen LogP contribution is -2.09. The van der Waals surface area contributed by atoms with Crippen LogP contribution in [-0.4, -0.2) is 10.2 Å². The zero-order valence-electron chi connectivity index (χ0n) is 6.94. The maximum absolute atomic E-state index is 9.33. The molecular weight excluding hydrogens is 168 g/mol. The summed E-state index contributed by atoms with van der Waals surface area (Å²) in [6.07, 6.45) is 0.108. The van der Waals surface area contributed by atoms with Crippen LogP contribution in [0.1, 0.15) is 18.0 Å². The molecule has 13 heavy (non-hydrogen) atoms. The van der Waals surface area contributed by atoms with Crippen molar-refractivity contribution < 1.29 is 10.2 Å². The molecule has 1 rings (SSSR count). The van der Waals surface area contributed by atoms with E-state index in [0.29, 0.717) is 5.56 Å². The number of aromatic hydroxyl groups is 2. The molecule has 4 heteroatoms. The van der Waals surface area contributed by atoms with Crippen LogP contribution >= 0.6 is 0 Å². The zero-order chi connectivity index (χ0) is 9.84. The second-order valence-corrected chi connectivity index (χ2v) is 2.71. The molecule has 0 bridgehead atoms. The quantitative estimate of drug-likeness (QED) is 0.589. The summed E-state index contributed by atoms with van der Waals surface area (Å²) in [6, 6.07) is 5.40. The largest absolute Gasteiger partial charge is 0.508 e. The second kappa shape index (κ2) is 3.78. The number of hydrogen-bond acceptors (Lipinski definition) is 4. The van der Waals surface area contributed by atoms with Gasteiger partial charge in [0.1, 0.15) is 11.5 Å². The fraction of sp³-hybridized carbons (Fsp3) is 0.222. The van der Waals surface area contributed by atoms with Crippen LogP contribution in [0.2, 0.25) is 0 Å². The molecule has 0 radical (unpaired) electrons. The van der Waals surface area contributed by atoms with Gasteiger partial charge in [-0.15, -0.1) is 0 Å². The Labute approximate surface area is 75.8 Å². The first-order chi connectivity index (χ1) is 6.15. The van der Waals surface area contributed by atoms with Crippen molar-refractivity contribution in [3.8, 4) is 17.6 Å². The number of nitriles is 1. The van der Waals surface area contributed by atoms with Crippen LogP contribution in [0.3, 0.4) is 0 Å². The first-order valence-corrected chi connectivity index (χ1v) is 3.79. The van der Waals surface area contributed by atoms with Gasteiger partial charge in [0.05, 0.1) is 12.5 Å². The highest BCUT2D eigenvalue weighted by Gasteiger charge is 2.10. The molecule has 4 N–H and O–H groups in total. The summed E-state index contributed by atoms with van der Waals surface area (Å²) in [7, 11) is 0. The molecule has 0 spiro atoms. The van der Waals surface area contributed by atoms with Crippen LogP contribution in [0.5, 0.6) is 11.5 Å². The number of phenolic OH excluding ortho intramolecular Hbond substituents is 2. The van der Waals surface area contributed by atoms with Gasteiger partial charge in [-0.1, -0.05) is 0 Å². The number of hydrogen-bond donors (Lipinski definition) is 3. The number of nitrogens with two attached hydrogens (primary N) is 1. The Morgan fingerprint density at radius 2 is 2.15 bits per heavy atom. The first kappa shape index (κ1) is 9.36. The summed E-state index contributed by atoms with van der Waals surface area (Å²) in [5.41, 5.74) is 5.97. The Morgan fingerprint density at radius 1 is 1.46 bits per heavy atom. The predicted octanol–water partition coefficient (Wildman–Crippen LogP) is 1.01. The van der Waals surface area contributed by atoms with Gasteiger partial charge in [-0.2, -0.15) is 5.26 Å². The van der Waals surface area contributed by atoms with Gasteiger partial charge >= 0.3 is 0 Å². The van der Waals surface area contributed by atoms with Gasteiger partial charge in [-0.3, -0.25) is 0 Å². The van der Waals surface area contributed by atoms with Crippen LogP contribution in [0.4, 0.5) is 0 Å². The molecule has 0 aliphatic rings. The lowest BCUT2D eigenvalue weighted by Gasteiger charge is -2.09. The summed E-state index contributed by atoms with van der Waals surface area (Å²) >= 11 is 0. The molecule has 68 valence electrons. The van der Waals surface area contributed by atoms with E-state index in [-0.39, 0.29) is 17.9 Å². The molecule has 1 aromatic rings. The summed E-state index contributed by atoms with van der Waals surface area (Å²) in [5.74, 6) is 0.0294. The van der Waals surface area contributed by atoms with Crippen molar-refractivity contribution >= 4 is 0 Å². The zero-order valence-corrected chi connectivity index (χ0v) is 6.94. The van der Waals surface area contributed by atoms with Crippen LogP contribution in [0.25, 0.3) is 0 Å². The van der Waals surface area contributed by atoms with E-state index < -0.39 is 6.04 Å². The Kier molecular flexibility index (Phi) is 2.72. The van der Waals surface area contributed by atoms with E-state index >= 15 is 0 Å². The van der Waals surface area contributed by atoms with Crippen molar-refractivity contribution in [3.63, 3.8) is 0 Å². The second-order valence-electron chi connectivity index (χ2n) is 2.71. The van der Waals surface area contributed by atoms with Crippen LogP contribution in [0, 0.1) is 11.3 Å². The molecule has 0 aromatic heterocycles. The van der Waals surface area contributed by atoms with Crippen LogP contribution in [0.15, 0.2) is 18.2 Å². The monoisotopic (exact) mass is 178 g/mol. The summed E-state index contributed by atoms with van der Waals surface area (Å²) < 4.78 is 0. The van der Waals surface area contributed by atoms with Crippen molar-refractivity contribution in [1.29, 1.82) is 5.26 Å². The normalized spacial score (nSPS) is 12.0. The van der Waals surface area contributed by atoms with E-state index in [0.717, 1.165) is 0 Å². The number of benzene rings is 1. The minimum Gasteiger partial charge on any atom is -0.508 e. The van der Waals surface area contributed by atoms with Crippen molar-refractivity contribution in [2.75, 3.05) is 0 Å². The van der Waals surface area contributed by atoms with Crippen LogP contribution in [-0.2, 0) is 0 Å². The SMILES string of the molecule is N#CC[C@@H](N)c1cc(O)ccc1O. The lowest BCUT2D eigenvalue weighted by atomic mass is 10.0. The fourth-order valence-corrected chi connectivity index (χ4v) is 1.05. The summed E-state index contributed by atoms with van der Waals surface area (Å²) in [4.78, 5) is 0. The third kappa shape index (κ3) is 2.10. The average molecular weight is 178 g/mol. The molecule has 0 amide bonds. The van der Waals surface area contributed by atoms with E-state index in [1.165, 1.54) is 18.2 Å². The highest BCUT2D eigenvalue weighted by molar-refractivity contribution is 5.40. The van der Waals surface area contributed by atoms with Gasteiger partial charge in [0.25, 0.3) is 0 Å². The fourth-order valence-electron chi connectivity index (χ4n) is 1.05. The van der Waals surface area contributed by atoms with Crippen molar-refractivity contribution in [3.05, 3.63) is 23.8 Å². The Bertz CT molecular complexity index is 344. The molecule has 0 aliphatic carbocycles.